The van der Waals surface area contributed by atoms with Crippen LogP contribution in [-0.2, 0) is 19.1 Å². The molecule has 0 aromatic carbocycles. The molecule has 0 fully saturated rings. The van der Waals surface area contributed by atoms with E-state index < -0.39 is 36.2 Å². The molecule has 5 heteroatoms. The minimum atomic E-state index is -2.81. The summed E-state index contributed by atoms with van der Waals surface area (Å²) in [6.45, 7) is 9.59. The van der Waals surface area contributed by atoms with Crippen molar-refractivity contribution >= 4 is 11.9 Å². The van der Waals surface area contributed by atoms with Gasteiger partial charge in [0.05, 0.1) is 12.2 Å². The summed E-state index contributed by atoms with van der Waals surface area (Å²) in [4.78, 5) is 23.1. The molecular weight excluding hydrogens is 227 g/mol. The second-order valence-corrected chi connectivity index (χ2v) is 4.20. The Labute approximate surface area is 101 Å². The van der Waals surface area contributed by atoms with Crippen LogP contribution in [0.15, 0.2) is 12.7 Å². The average molecular weight is 246 g/mol. The minimum absolute atomic E-state index is 0.468. The van der Waals surface area contributed by atoms with Crippen LogP contribution in [0.3, 0.4) is 0 Å². The van der Waals surface area contributed by atoms with Crippen molar-refractivity contribution in [1.82, 2.24) is 0 Å². The highest BCUT2D eigenvalue weighted by Gasteiger charge is 2.49. The molecule has 0 saturated carbocycles. The van der Waals surface area contributed by atoms with Crippen molar-refractivity contribution in [2.75, 3.05) is 0 Å². The highest BCUT2D eigenvalue weighted by atomic mass is 19.1. The molecule has 0 aliphatic heterocycles. The maximum Gasteiger partial charge on any atom is 0.356 e. The average Bonchev–Trinajstić information content (AvgIpc) is 2.15. The van der Waals surface area contributed by atoms with Gasteiger partial charge in [0.25, 0.3) is 0 Å². The highest BCUT2D eigenvalue weighted by Crippen LogP contribution is 2.22. The standard InChI is InChI=1S/C12H19FO4/c1-6-7-12(13,10(14)16-8(2)3)11(15)17-9(4)5/h6,8-9H,1,7H2,2-5H3. The van der Waals surface area contributed by atoms with Crippen LogP contribution in [0.5, 0.6) is 0 Å². The van der Waals surface area contributed by atoms with Gasteiger partial charge in [0, 0.05) is 6.42 Å². The lowest BCUT2D eigenvalue weighted by molar-refractivity contribution is -0.179. The second kappa shape index (κ2) is 6.37. The summed E-state index contributed by atoms with van der Waals surface area (Å²) in [6.07, 6.45) is -0.337. The molecule has 0 saturated heterocycles. The van der Waals surface area contributed by atoms with E-state index in [-0.39, 0.29) is 0 Å². The smallest absolute Gasteiger partial charge is 0.356 e. The van der Waals surface area contributed by atoms with E-state index in [0.717, 1.165) is 6.08 Å². The number of allylic oxidation sites excluding steroid dienone is 1. The SMILES string of the molecule is C=CCC(F)(C(=O)OC(C)C)C(=O)OC(C)C. The lowest BCUT2D eigenvalue weighted by atomic mass is 10.0. The molecular formula is C12H19FO4. The fourth-order valence-corrected chi connectivity index (χ4v) is 1.06. The number of esters is 2. The molecule has 0 radical (unpaired) electrons. The molecule has 98 valence electrons. The van der Waals surface area contributed by atoms with Crippen LogP contribution >= 0.6 is 0 Å². The third-order valence-corrected chi connectivity index (χ3v) is 1.76. The van der Waals surface area contributed by atoms with Gasteiger partial charge in [-0.15, -0.1) is 6.58 Å². The molecule has 0 spiro atoms. The Balaban J connectivity index is 4.94. The lowest BCUT2D eigenvalue weighted by Crippen LogP contribution is -2.46. The van der Waals surface area contributed by atoms with Crippen LogP contribution < -0.4 is 0 Å². The molecule has 0 aliphatic carbocycles. The first-order valence-corrected chi connectivity index (χ1v) is 5.46. The van der Waals surface area contributed by atoms with Gasteiger partial charge in [-0.3, -0.25) is 0 Å². The molecule has 0 heterocycles. The predicted octanol–water partition coefficient (Wildman–Crippen LogP) is 2.17. The highest BCUT2D eigenvalue weighted by molar-refractivity contribution is 6.03. The summed E-state index contributed by atoms with van der Waals surface area (Å²) in [7, 11) is 0. The zero-order valence-electron chi connectivity index (χ0n) is 10.7. The number of carbonyl (C=O) groups excluding carboxylic acids is 2. The fraction of sp³-hybridized carbons (Fsp3) is 0.667. The number of halogens is 1. The maximum atomic E-state index is 14.3. The molecule has 0 atom stereocenters. The molecule has 0 unspecified atom stereocenters. The number of rotatable bonds is 6. The summed E-state index contributed by atoms with van der Waals surface area (Å²) < 4.78 is 23.7. The number of ether oxygens (including phenoxy) is 2. The predicted molar refractivity (Wildman–Crippen MR) is 61.1 cm³/mol. The van der Waals surface area contributed by atoms with Gasteiger partial charge < -0.3 is 9.47 Å². The quantitative estimate of drug-likeness (QED) is 0.409. The molecule has 0 aromatic heterocycles. The number of hydrogen-bond donors (Lipinski definition) is 0. The third-order valence-electron chi connectivity index (χ3n) is 1.76. The molecule has 4 nitrogen and oxygen atoms in total. The van der Waals surface area contributed by atoms with E-state index in [4.69, 9.17) is 9.47 Å². The first-order valence-electron chi connectivity index (χ1n) is 5.46. The topological polar surface area (TPSA) is 52.6 Å². The Hall–Kier alpha value is -1.39. The molecule has 0 N–H and O–H groups in total. The van der Waals surface area contributed by atoms with E-state index in [1.165, 1.54) is 0 Å². The molecule has 0 bridgehead atoms. The van der Waals surface area contributed by atoms with Gasteiger partial charge in [0.15, 0.2) is 0 Å². The zero-order valence-corrected chi connectivity index (χ0v) is 10.7. The van der Waals surface area contributed by atoms with E-state index in [9.17, 15) is 14.0 Å². The Bertz CT molecular complexity index is 275. The molecule has 0 aliphatic rings. The van der Waals surface area contributed by atoms with Crippen molar-refractivity contribution in [3.05, 3.63) is 12.7 Å². The van der Waals surface area contributed by atoms with E-state index >= 15 is 0 Å². The second-order valence-electron chi connectivity index (χ2n) is 4.20. The Morgan fingerprint density at radius 2 is 1.53 bits per heavy atom. The van der Waals surface area contributed by atoms with Crippen LogP contribution in [0.1, 0.15) is 34.1 Å². The molecule has 0 rings (SSSR count). The van der Waals surface area contributed by atoms with Crippen LogP contribution in [0, 0.1) is 0 Å². The van der Waals surface area contributed by atoms with Gasteiger partial charge in [0.1, 0.15) is 0 Å². The van der Waals surface area contributed by atoms with Crippen molar-refractivity contribution in [2.24, 2.45) is 0 Å². The van der Waals surface area contributed by atoms with Gasteiger partial charge in [-0.25, -0.2) is 14.0 Å². The molecule has 0 amide bonds. The Morgan fingerprint density at radius 3 is 1.76 bits per heavy atom. The molecule has 0 aromatic rings. The van der Waals surface area contributed by atoms with Gasteiger partial charge in [-0.2, -0.15) is 0 Å². The fourth-order valence-electron chi connectivity index (χ4n) is 1.06. The Kier molecular flexibility index (Phi) is 5.85. The summed E-state index contributed by atoms with van der Waals surface area (Å²) in [5.41, 5.74) is -2.81. The van der Waals surface area contributed by atoms with Gasteiger partial charge in [-0.05, 0) is 27.7 Å². The van der Waals surface area contributed by atoms with Crippen molar-refractivity contribution in [3.63, 3.8) is 0 Å². The lowest BCUT2D eigenvalue weighted by Gasteiger charge is -2.22. The van der Waals surface area contributed by atoms with E-state index in [0.29, 0.717) is 0 Å². The number of alkyl halides is 1. The monoisotopic (exact) mass is 246 g/mol. The van der Waals surface area contributed by atoms with Crippen LogP contribution in [0.4, 0.5) is 4.39 Å². The number of hydrogen-bond acceptors (Lipinski definition) is 4. The first-order chi connectivity index (χ1) is 7.74. The third kappa shape index (κ3) is 4.54. The first kappa shape index (κ1) is 15.6. The Morgan fingerprint density at radius 1 is 1.18 bits per heavy atom. The van der Waals surface area contributed by atoms with Crippen molar-refractivity contribution < 1.29 is 23.5 Å². The van der Waals surface area contributed by atoms with E-state index in [1.54, 1.807) is 27.7 Å². The number of carbonyl (C=O) groups is 2. The maximum absolute atomic E-state index is 14.3. The zero-order chi connectivity index (χ0) is 13.6. The van der Waals surface area contributed by atoms with Gasteiger partial charge in [-0.1, -0.05) is 6.08 Å². The van der Waals surface area contributed by atoms with Crippen molar-refractivity contribution in [1.29, 1.82) is 0 Å². The normalized spacial score (nSPS) is 11.5. The summed E-state index contributed by atoms with van der Waals surface area (Å²) in [5.74, 6) is -2.48. The largest absolute Gasteiger partial charge is 0.460 e. The van der Waals surface area contributed by atoms with Crippen molar-refractivity contribution in [2.45, 2.75) is 52.0 Å². The summed E-state index contributed by atoms with van der Waals surface area (Å²) in [6, 6.07) is 0. The summed E-state index contributed by atoms with van der Waals surface area (Å²) in [5, 5.41) is 0. The van der Waals surface area contributed by atoms with Gasteiger partial charge in [0.2, 0.25) is 0 Å². The summed E-state index contributed by atoms with van der Waals surface area (Å²) >= 11 is 0. The van der Waals surface area contributed by atoms with Crippen LogP contribution in [-0.4, -0.2) is 29.8 Å². The minimum Gasteiger partial charge on any atom is -0.460 e. The van der Waals surface area contributed by atoms with Crippen molar-refractivity contribution in [3.8, 4) is 0 Å². The van der Waals surface area contributed by atoms with Gasteiger partial charge >= 0.3 is 17.6 Å². The van der Waals surface area contributed by atoms with Crippen LogP contribution in [0.2, 0.25) is 0 Å². The van der Waals surface area contributed by atoms with E-state index in [1.807, 2.05) is 0 Å². The van der Waals surface area contributed by atoms with E-state index in [2.05, 4.69) is 6.58 Å². The van der Waals surface area contributed by atoms with Crippen LogP contribution in [0.25, 0.3) is 0 Å². The molecule has 17 heavy (non-hydrogen) atoms.